The molecule has 98 valence electrons. The molecule has 0 aliphatic heterocycles. The molecule has 0 aromatic carbocycles. The van der Waals surface area contributed by atoms with Crippen molar-refractivity contribution in [1.82, 2.24) is 10.2 Å². The van der Waals surface area contributed by atoms with Gasteiger partial charge in [0.15, 0.2) is 0 Å². The molecule has 2 N–H and O–H groups in total. The van der Waals surface area contributed by atoms with Crippen LogP contribution in [0.2, 0.25) is 0 Å². The molecule has 0 saturated heterocycles. The summed E-state index contributed by atoms with van der Waals surface area (Å²) in [6, 6.07) is 1.65. The Morgan fingerprint density at radius 2 is 2.39 bits per heavy atom. The molecule has 0 amide bonds. The van der Waals surface area contributed by atoms with Gasteiger partial charge in [0.2, 0.25) is 0 Å². The van der Waals surface area contributed by atoms with Gasteiger partial charge in [-0.05, 0) is 13.3 Å². The normalized spacial score (nSPS) is 12.6. The third kappa shape index (κ3) is 4.04. The number of allylic oxidation sites excluding steroid dienone is 1. The lowest BCUT2D eigenvalue weighted by atomic mass is 10.2. The van der Waals surface area contributed by atoms with Gasteiger partial charge in [-0.15, -0.1) is 0 Å². The average molecular weight is 251 g/mol. The molecule has 1 aromatic heterocycles. The second-order valence-corrected chi connectivity index (χ2v) is 3.53. The van der Waals surface area contributed by atoms with E-state index in [0.717, 1.165) is 6.42 Å². The van der Waals surface area contributed by atoms with Crippen LogP contribution in [0.5, 0.6) is 0 Å². The smallest absolute Gasteiger partial charge is 0.343 e. The molecule has 0 aliphatic carbocycles. The number of nitrogens with one attached hydrogen (secondary N) is 1. The summed E-state index contributed by atoms with van der Waals surface area (Å²) in [7, 11) is 0. The molecule has 6 nitrogen and oxygen atoms in total. The van der Waals surface area contributed by atoms with E-state index < -0.39 is 5.97 Å². The molecule has 0 spiro atoms. The van der Waals surface area contributed by atoms with Crippen LogP contribution in [0.15, 0.2) is 28.6 Å². The number of H-pyrrole nitrogens is 1. The summed E-state index contributed by atoms with van der Waals surface area (Å²) in [4.78, 5) is 15.7. The first-order valence-corrected chi connectivity index (χ1v) is 5.81. The van der Waals surface area contributed by atoms with E-state index in [4.69, 9.17) is 4.74 Å². The van der Waals surface area contributed by atoms with Crippen LogP contribution in [0.3, 0.4) is 0 Å². The minimum Gasteiger partial charge on any atom is -0.511 e. The average Bonchev–Trinajstić information content (AvgIpc) is 2.83. The van der Waals surface area contributed by atoms with Crippen LogP contribution in [0, 0.1) is 0 Å². The maximum Gasteiger partial charge on any atom is 0.343 e. The van der Waals surface area contributed by atoms with Crippen LogP contribution in [0.4, 0.5) is 5.82 Å². The van der Waals surface area contributed by atoms with Gasteiger partial charge < -0.3 is 9.84 Å². The van der Waals surface area contributed by atoms with Crippen molar-refractivity contribution < 1.29 is 14.6 Å². The van der Waals surface area contributed by atoms with Gasteiger partial charge in [-0.3, -0.25) is 5.10 Å². The predicted molar refractivity (Wildman–Crippen MR) is 67.9 cm³/mol. The number of hydrogen-bond donors (Lipinski definition) is 2. The van der Waals surface area contributed by atoms with Gasteiger partial charge in [0, 0.05) is 18.7 Å². The fourth-order valence-corrected chi connectivity index (χ4v) is 1.28. The largest absolute Gasteiger partial charge is 0.511 e. The van der Waals surface area contributed by atoms with Crippen LogP contribution >= 0.6 is 0 Å². The SMILES string of the molecule is CCCC(O)=C(C=Nc1ccn[nH]1)C(=O)OCC. The first kappa shape index (κ1) is 14.0. The van der Waals surface area contributed by atoms with E-state index in [1.165, 1.54) is 6.21 Å². The lowest BCUT2D eigenvalue weighted by molar-refractivity contribution is -0.138. The molecule has 1 aromatic rings. The van der Waals surface area contributed by atoms with Gasteiger partial charge in [-0.1, -0.05) is 6.92 Å². The summed E-state index contributed by atoms with van der Waals surface area (Å²) in [6.07, 6.45) is 3.97. The van der Waals surface area contributed by atoms with Gasteiger partial charge in [-0.25, -0.2) is 9.79 Å². The molecular weight excluding hydrogens is 234 g/mol. The molecule has 0 fully saturated rings. The van der Waals surface area contributed by atoms with E-state index in [0.29, 0.717) is 12.2 Å². The van der Waals surface area contributed by atoms with Crippen molar-refractivity contribution >= 4 is 18.0 Å². The van der Waals surface area contributed by atoms with Crippen LogP contribution in [0.1, 0.15) is 26.7 Å². The third-order valence-corrected chi connectivity index (χ3v) is 2.11. The fourth-order valence-electron chi connectivity index (χ4n) is 1.28. The van der Waals surface area contributed by atoms with Crippen LogP contribution in [-0.4, -0.2) is 34.1 Å². The van der Waals surface area contributed by atoms with Crippen LogP contribution in [0.25, 0.3) is 0 Å². The minimum atomic E-state index is -0.577. The lowest BCUT2D eigenvalue weighted by Crippen LogP contribution is -2.11. The summed E-state index contributed by atoms with van der Waals surface area (Å²) in [5.41, 5.74) is 0.0771. The van der Waals surface area contributed by atoms with Crippen molar-refractivity contribution in [2.45, 2.75) is 26.7 Å². The Kier molecular flexibility index (Phi) is 5.63. The number of ether oxygens (including phenoxy) is 1. The fraction of sp³-hybridized carbons (Fsp3) is 0.417. The second-order valence-electron chi connectivity index (χ2n) is 3.53. The Hall–Kier alpha value is -2.11. The number of carbonyl (C=O) groups is 1. The molecule has 1 heterocycles. The predicted octanol–water partition coefficient (Wildman–Crippen LogP) is 2.29. The molecule has 1 rings (SSSR count). The maximum absolute atomic E-state index is 11.7. The van der Waals surface area contributed by atoms with Crippen molar-refractivity contribution in [3.63, 3.8) is 0 Å². The molecule has 0 aliphatic rings. The van der Waals surface area contributed by atoms with Crippen molar-refractivity contribution in [2.24, 2.45) is 4.99 Å². The Morgan fingerprint density at radius 1 is 1.61 bits per heavy atom. The Labute approximate surface area is 105 Å². The van der Waals surface area contributed by atoms with Crippen molar-refractivity contribution in [3.8, 4) is 0 Å². The van der Waals surface area contributed by atoms with E-state index in [-0.39, 0.29) is 17.9 Å². The van der Waals surface area contributed by atoms with Gasteiger partial charge in [0.1, 0.15) is 17.2 Å². The van der Waals surface area contributed by atoms with E-state index in [2.05, 4.69) is 15.2 Å². The lowest BCUT2D eigenvalue weighted by Gasteiger charge is -2.05. The molecule has 0 atom stereocenters. The van der Waals surface area contributed by atoms with Crippen molar-refractivity contribution in [3.05, 3.63) is 23.6 Å². The first-order valence-electron chi connectivity index (χ1n) is 5.81. The molecule has 0 saturated carbocycles. The van der Waals surface area contributed by atoms with Gasteiger partial charge in [0.05, 0.1) is 12.8 Å². The summed E-state index contributed by atoms with van der Waals surface area (Å²) < 4.78 is 4.87. The number of carbonyl (C=O) groups excluding carboxylic acids is 1. The third-order valence-electron chi connectivity index (χ3n) is 2.11. The first-order chi connectivity index (χ1) is 8.69. The van der Waals surface area contributed by atoms with Gasteiger partial charge in [-0.2, -0.15) is 5.10 Å². The number of rotatable bonds is 6. The second kappa shape index (κ2) is 7.26. The topological polar surface area (TPSA) is 87.6 Å². The number of hydrogen-bond acceptors (Lipinski definition) is 5. The van der Waals surface area contributed by atoms with E-state index in [1.54, 1.807) is 19.2 Å². The number of aromatic amines is 1. The number of aliphatic hydroxyl groups excluding tert-OH is 1. The number of nitrogens with zero attached hydrogens (tertiary/aromatic N) is 2. The number of aliphatic hydroxyl groups is 1. The summed E-state index contributed by atoms with van der Waals surface area (Å²) in [6.45, 7) is 3.86. The molecule has 0 unspecified atom stereocenters. The molecule has 0 radical (unpaired) electrons. The Balaban J connectivity index is 2.91. The summed E-state index contributed by atoms with van der Waals surface area (Å²) >= 11 is 0. The standard InChI is InChI=1S/C12H17N3O3/c1-3-5-10(16)9(12(17)18-4-2)8-13-11-6-7-14-15-11/h6-8,16H,3-5H2,1-2H3,(H,14,15). The zero-order chi connectivity index (χ0) is 13.4. The Morgan fingerprint density at radius 3 is 2.94 bits per heavy atom. The number of aliphatic imine (C=N–C) groups is 1. The van der Waals surface area contributed by atoms with E-state index >= 15 is 0 Å². The van der Waals surface area contributed by atoms with Gasteiger partial charge >= 0.3 is 5.97 Å². The maximum atomic E-state index is 11.7. The van der Waals surface area contributed by atoms with E-state index in [1.807, 2.05) is 6.92 Å². The number of esters is 1. The highest BCUT2D eigenvalue weighted by molar-refractivity contribution is 6.10. The Bertz CT molecular complexity index is 435. The molecular formula is C12H17N3O3. The van der Waals surface area contributed by atoms with Crippen LogP contribution in [-0.2, 0) is 9.53 Å². The molecule has 18 heavy (non-hydrogen) atoms. The van der Waals surface area contributed by atoms with E-state index in [9.17, 15) is 9.90 Å². The number of aromatic nitrogens is 2. The zero-order valence-corrected chi connectivity index (χ0v) is 10.5. The molecule has 6 heteroatoms. The van der Waals surface area contributed by atoms with Crippen LogP contribution < -0.4 is 0 Å². The monoisotopic (exact) mass is 251 g/mol. The zero-order valence-electron chi connectivity index (χ0n) is 10.5. The summed E-state index contributed by atoms with van der Waals surface area (Å²) in [5, 5.41) is 16.2. The minimum absolute atomic E-state index is 0.0146. The quantitative estimate of drug-likeness (QED) is 0.351. The highest BCUT2D eigenvalue weighted by Gasteiger charge is 2.14. The van der Waals surface area contributed by atoms with Crippen molar-refractivity contribution in [2.75, 3.05) is 6.61 Å². The highest BCUT2D eigenvalue weighted by atomic mass is 16.5. The van der Waals surface area contributed by atoms with Gasteiger partial charge in [0.25, 0.3) is 0 Å². The highest BCUT2D eigenvalue weighted by Crippen LogP contribution is 2.11. The van der Waals surface area contributed by atoms with Crippen molar-refractivity contribution in [1.29, 1.82) is 0 Å². The molecule has 0 bridgehead atoms. The summed E-state index contributed by atoms with van der Waals surface area (Å²) in [5.74, 6) is -0.0907.